The van der Waals surface area contributed by atoms with Crippen LogP contribution in [0.5, 0.6) is 11.5 Å². The van der Waals surface area contributed by atoms with E-state index in [0.29, 0.717) is 18.2 Å². The molecule has 3 nitrogen and oxygen atoms in total. The molecule has 0 aliphatic heterocycles. The highest BCUT2D eigenvalue weighted by atomic mass is 79.9. The Labute approximate surface area is 144 Å². The van der Waals surface area contributed by atoms with Gasteiger partial charge in [0, 0.05) is 5.56 Å². The van der Waals surface area contributed by atoms with Crippen molar-refractivity contribution in [1.82, 2.24) is 0 Å². The van der Waals surface area contributed by atoms with E-state index in [1.807, 2.05) is 30.3 Å². The normalized spacial score (nSPS) is 10.3. The number of aryl methyl sites for hydroxylation is 1. The van der Waals surface area contributed by atoms with Gasteiger partial charge in [-0.2, -0.15) is 0 Å². The smallest absolute Gasteiger partial charge is 0.133 e. The average Bonchev–Trinajstić information content (AvgIpc) is 2.53. The lowest BCUT2D eigenvalue weighted by Crippen LogP contribution is -2.11. The molecule has 0 unspecified atom stereocenters. The lowest BCUT2D eigenvalue weighted by atomic mass is 10.2. The zero-order chi connectivity index (χ0) is 15.9. The summed E-state index contributed by atoms with van der Waals surface area (Å²) in [5, 5.41) is 0. The predicted molar refractivity (Wildman–Crippen MR) is 96.8 cm³/mol. The van der Waals surface area contributed by atoms with Crippen LogP contribution in [0.2, 0.25) is 0 Å². The minimum Gasteiger partial charge on any atom is -0.490 e. The third kappa shape index (κ3) is 4.71. The molecule has 0 aliphatic carbocycles. The summed E-state index contributed by atoms with van der Waals surface area (Å²) in [7, 11) is 0. The molecule has 0 amide bonds. The predicted octanol–water partition coefficient (Wildman–Crippen LogP) is 4.10. The van der Waals surface area contributed by atoms with Crippen LogP contribution < -0.4 is 15.2 Å². The maximum atomic E-state index is 5.68. The highest BCUT2D eigenvalue weighted by molar-refractivity contribution is 9.10. The Morgan fingerprint density at radius 1 is 1.09 bits per heavy atom. The van der Waals surface area contributed by atoms with Crippen molar-refractivity contribution >= 4 is 33.1 Å². The maximum Gasteiger partial charge on any atom is 0.133 e. The van der Waals surface area contributed by atoms with Crippen LogP contribution >= 0.6 is 28.1 Å². The lowest BCUT2D eigenvalue weighted by molar-refractivity contribution is 0.216. The number of thiocarbonyl (C=S) groups is 1. The van der Waals surface area contributed by atoms with Gasteiger partial charge in [0.2, 0.25) is 0 Å². The SMILES string of the molecule is CCc1ccc(OCCOc2ccc(C(N)=S)cc2Br)cc1. The second-order valence-electron chi connectivity index (χ2n) is 4.70. The molecule has 116 valence electrons. The molecule has 0 saturated heterocycles. The van der Waals surface area contributed by atoms with Gasteiger partial charge in [0.25, 0.3) is 0 Å². The van der Waals surface area contributed by atoms with Crippen molar-refractivity contribution in [2.45, 2.75) is 13.3 Å². The van der Waals surface area contributed by atoms with Gasteiger partial charge < -0.3 is 15.2 Å². The molecule has 0 saturated carbocycles. The minimum atomic E-state index is 0.367. The van der Waals surface area contributed by atoms with Crippen molar-refractivity contribution < 1.29 is 9.47 Å². The fraction of sp³-hybridized carbons (Fsp3) is 0.235. The highest BCUT2D eigenvalue weighted by Gasteiger charge is 2.04. The van der Waals surface area contributed by atoms with E-state index in [1.54, 1.807) is 0 Å². The third-order valence-corrected chi connectivity index (χ3v) is 4.01. The molecule has 0 aliphatic rings. The largest absolute Gasteiger partial charge is 0.490 e. The van der Waals surface area contributed by atoms with Crippen molar-refractivity contribution in [3.05, 3.63) is 58.1 Å². The van der Waals surface area contributed by atoms with Gasteiger partial charge in [-0.05, 0) is 58.2 Å². The van der Waals surface area contributed by atoms with Gasteiger partial charge in [0.15, 0.2) is 0 Å². The molecule has 0 heterocycles. The number of ether oxygens (including phenoxy) is 2. The van der Waals surface area contributed by atoms with Crippen LogP contribution in [-0.4, -0.2) is 18.2 Å². The number of nitrogens with two attached hydrogens (primary N) is 1. The van der Waals surface area contributed by atoms with E-state index in [0.717, 1.165) is 28.0 Å². The van der Waals surface area contributed by atoms with Crippen molar-refractivity contribution in [1.29, 1.82) is 0 Å². The van der Waals surface area contributed by atoms with Crippen molar-refractivity contribution in [2.24, 2.45) is 5.73 Å². The van der Waals surface area contributed by atoms with Crippen LogP contribution in [0.15, 0.2) is 46.9 Å². The molecular weight excluding hydrogens is 362 g/mol. The number of benzene rings is 2. The quantitative estimate of drug-likeness (QED) is 0.580. The molecule has 5 heteroatoms. The molecule has 22 heavy (non-hydrogen) atoms. The Bertz CT molecular complexity index is 644. The topological polar surface area (TPSA) is 44.5 Å². The molecule has 0 fully saturated rings. The van der Waals surface area contributed by atoms with E-state index in [2.05, 4.69) is 35.0 Å². The minimum absolute atomic E-state index is 0.367. The van der Waals surface area contributed by atoms with Crippen molar-refractivity contribution in [3.63, 3.8) is 0 Å². The molecule has 0 aromatic heterocycles. The molecule has 2 rings (SSSR count). The van der Waals surface area contributed by atoms with Crippen LogP contribution in [0.3, 0.4) is 0 Å². The van der Waals surface area contributed by atoms with E-state index in [-0.39, 0.29) is 0 Å². The summed E-state index contributed by atoms with van der Waals surface area (Å²) < 4.78 is 12.2. The van der Waals surface area contributed by atoms with E-state index in [1.165, 1.54) is 5.56 Å². The van der Waals surface area contributed by atoms with Crippen molar-refractivity contribution in [3.8, 4) is 11.5 Å². The summed E-state index contributed by atoms with van der Waals surface area (Å²) in [5.74, 6) is 1.59. The van der Waals surface area contributed by atoms with Gasteiger partial charge in [-0.15, -0.1) is 0 Å². The summed E-state index contributed by atoms with van der Waals surface area (Å²) in [5.41, 5.74) is 7.69. The first-order valence-corrected chi connectivity index (χ1v) is 8.24. The molecule has 0 bridgehead atoms. The number of rotatable bonds is 7. The Hall–Kier alpha value is -1.59. The number of halogens is 1. The first-order chi connectivity index (χ1) is 10.6. The highest BCUT2D eigenvalue weighted by Crippen LogP contribution is 2.26. The molecule has 0 spiro atoms. The maximum absolute atomic E-state index is 5.68. The third-order valence-electron chi connectivity index (χ3n) is 3.16. The zero-order valence-corrected chi connectivity index (χ0v) is 14.7. The first-order valence-electron chi connectivity index (χ1n) is 7.04. The standard InChI is InChI=1S/C17H18BrNO2S/c1-2-12-3-6-14(7-4-12)20-9-10-21-16-8-5-13(17(19)22)11-15(16)18/h3-8,11H,2,9-10H2,1H3,(H2,19,22). The van der Waals surface area contributed by atoms with Gasteiger partial charge in [-0.1, -0.05) is 31.3 Å². The number of hydrogen-bond acceptors (Lipinski definition) is 3. The monoisotopic (exact) mass is 379 g/mol. The lowest BCUT2D eigenvalue weighted by Gasteiger charge is -2.11. The summed E-state index contributed by atoms with van der Waals surface area (Å²) in [6, 6.07) is 13.6. The van der Waals surface area contributed by atoms with E-state index >= 15 is 0 Å². The number of hydrogen-bond donors (Lipinski definition) is 1. The summed E-state index contributed by atoms with van der Waals surface area (Å²) in [4.78, 5) is 0.367. The molecule has 0 atom stereocenters. The molecular formula is C17H18BrNO2S. The molecule has 0 radical (unpaired) electrons. The van der Waals surface area contributed by atoms with Gasteiger partial charge >= 0.3 is 0 Å². The Balaban J connectivity index is 1.82. The average molecular weight is 380 g/mol. The Kier molecular flexibility index (Phi) is 6.21. The van der Waals surface area contributed by atoms with Gasteiger partial charge in [0.1, 0.15) is 29.7 Å². The molecule has 2 N–H and O–H groups in total. The van der Waals surface area contributed by atoms with Gasteiger partial charge in [0.05, 0.1) is 4.47 Å². The van der Waals surface area contributed by atoms with E-state index in [9.17, 15) is 0 Å². The van der Waals surface area contributed by atoms with Crippen molar-refractivity contribution in [2.75, 3.05) is 13.2 Å². The van der Waals surface area contributed by atoms with E-state index in [4.69, 9.17) is 27.4 Å². The second-order valence-corrected chi connectivity index (χ2v) is 6.00. The fourth-order valence-corrected chi connectivity index (χ4v) is 2.52. The fourth-order valence-electron chi connectivity index (χ4n) is 1.90. The van der Waals surface area contributed by atoms with Gasteiger partial charge in [-0.25, -0.2) is 0 Å². The van der Waals surface area contributed by atoms with Crippen LogP contribution in [0, 0.1) is 0 Å². The van der Waals surface area contributed by atoms with Crippen LogP contribution in [0.1, 0.15) is 18.1 Å². The zero-order valence-electron chi connectivity index (χ0n) is 12.3. The van der Waals surface area contributed by atoms with E-state index < -0.39 is 0 Å². The summed E-state index contributed by atoms with van der Waals surface area (Å²) in [6.45, 7) is 3.07. The summed E-state index contributed by atoms with van der Waals surface area (Å²) in [6.07, 6.45) is 1.03. The Morgan fingerprint density at radius 2 is 1.77 bits per heavy atom. The summed E-state index contributed by atoms with van der Waals surface area (Å²) >= 11 is 8.39. The first kappa shape index (κ1) is 16.8. The molecule has 2 aromatic rings. The van der Waals surface area contributed by atoms with Crippen LogP contribution in [-0.2, 0) is 6.42 Å². The van der Waals surface area contributed by atoms with Crippen LogP contribution in [0.4, 0.5) is 0 Å². The Morgan fingerprint density at radius 3 is 2.36 bits per heavy atom. The van der Waals surface area contributed by atoms with Gasteiger partial charge in [-0.3, -0.25) is 0 Å². The molecule has 2 aromatic carbocycles. The second kappa shape index (κ2) is 8.15. The van der Waals surface area contributed by atoms with Crippen LogP contribution in [0.25, 0.3) is 0 Å².